The number of hydrogen-bond donors (Lipinski definition) is 0. The molecule has 0 aromatic rings. The monoisotopic (exact) mass is 536 g/mol. The van der Waals surface area contributed by atoms with E-state index in [1.807, 2.05) is 0 Å². The fourth-order valence-corrected chi connectivity index (χ4v) is 5.44. The quantitative estimate of drug-likeness (QED) is 0.192. The molecular weight excluding hydrogens is 480 g/mol. The lowest BCUT2D eigenvalue weighted by Crippen LogP contribution is -2.24. The first kappa shape index (κ1) is 33.3. The van der Waals surface area contributed by atoms with Gasteiger partial charge in [0.05, 0.1) is 0 Å². The summed E-state index contributed by atoms with van der Waals surface area (Å²) in [4.78, 5) is 0. The van der Waals surface area contributed by atoms with E-state index in [1.165, 1.54) is 65.5 Å². The average molecular weight is 537 g/mol. The molecule has 0 fully saturated rings. The normalized spacial score (nSPS) is 23.6. The Morgan fingerprint density at radius 1 is 0.675 bits per heavy atom. The second-order valence-electron chi connectivity index (χ2n) is 13.4. The fourth-order valence-electron chi connectivity index (χ4n) is 5.44. The molecule has 2 rings (SSSR count). The van der Waals surface area contributed by atoms with Crippen molar-refractivity contribution in [2.75, 3.05) is 0 Å². The maximum Gasteiger partial charge on any atom is 0.000366 e. The molecule has 1 unspecified atom stereocenters. The molecule has 0 spiro atoms. The van der Waals surface area contributed by atoms with Crippen molar-refractivity contribution in [3.05, 3.63) is 130 Å². The van der Waals surface area contributed by atoms with Crippen LogP contribution in [0.2, 0.25) is 0 Å². The van der Waals surface area contributed by atoms with Crippen LogP contribution in [-0.2, 0) is 0 Å². The Balaban J connectivity index is 1.87. The molecule has 0 heteroatoms. The van der Waals surface area contributed by atoms with E-state index in [9.17, 15) is 0 Å². The van der Waals surface area contributed by atoms with Gasteiger partial charge in [-0.15, -0.1) is 0 Å². The van der Waals surface area contributed by atoms with Crippen molar-refractivity contribution >= 4 is 0 Å². The SMILES string of the molecule is CC(C=CC=C(C)C=CC1=C(C)CCCC1(C)C)=CC=CC=C(C)C=CC=C(C)C=CC1C=C(C)CCC1(C)C. The van der Waals surface area contributed by atoms with Crippen LogP contribution in [0.15, 0.2) is 130 Å². The van der Waals surface area contributed by atoms with Gasteiger partial charge in [-0.3, -0.25) is 0 Å². The molecule has 216 valence electrons. The lowest BCUT2D eigenvalue weighted by Gasteiger charge is -2.35. The predicted octanol–water partition coefficient (Wildman–Crippen LogP) is 12.5. The van der Waals surface area contributed by atoms with Gasteiger partial charge in [-0.25, -0.2) is 0 Å². The van der Waals surface area contributed by atoms with Gasteiger partial charge in [0.2, 0.25) is 0 Å². The molecule has 0 saturated heterocycles. The summed E-state index contributed by atoms with van der Waals surface area (Å²) in [5.74, 6) is 0.518. The van der Waals surface area contributed by atoms with E-state index in [0.29, 0.717) is 16.7 Å². The summed E-state index contributed by atoms with van der Waals surface area (Å²) >= 11 is 0. The van der Waals surface area contributed by atoms with Gasteiger partial charge >= 0.3 is 0 Å². The molecule has 0 heterocycles. The van der Waals surface area contributed by atoms with Gasteiger partial charge in [-0.1, -0.05) is 152 Å². The number of rotatable bonds is 10. The predicted molar refractivity (Wildman–Crippen MR) is 181 cm³/mol. The zero-order valence-electron chi connectivity index (χ0n) is 27.3. The minimum absolute atomic E-state index is 0.291. The van der Waals surface area contributed by atoms with Crippen LogP contribution in [0.5, 0.6) is 0 Å². The molecule has 0 N–H and O–H groups in total. The molecule has 0 aromatic carbocycles. The molecule has 1 atom stereocenters. The first-order valence-corrected chi connectivity index (χ1v) is 15.3. The van der Waals surface area contributed by atoms with Gasteiger partial charge in [0.15, 0.2) is 0 Å². The standard InChI is InChI=1S/C40H56/c1-31(18-13-20-33(3)23-25-37-30-35(5)27-29-39(37,7)8)16-11-12-17-32(2)19-14-21-34(4)24-26-38-36(6)22-15-28-40(38,9)10/h11-14,16-21,23-26,30,37H,15,22,27-29H2,1-10H3. The van der Waals surface area contributed by atoms with Gasteiger partial charge in [0.25, 0.3) is 0 Å². The van der Waals surface area contributed by atoms with Crippen LogP contribution in [0.4, 0.5) is 0 Å². The highest BCUT2D eigenvalue weighted by molar-refractivity contribution is 5.37. The highest BCUT2D eigenvalue weighted by Crippen LogP contribution is 2.41. The van der Waals surface area contributed by atoms with E-state index in [-0.39, 0.29) is 0 Å². The minimum atomic E-state index is 0.291. The third kappa shape index (κ3) is 11.7. The van der Waals surface area contributed by atoms with Crippen LogP contribution in [0, 0.1) is 16.7 Å². The summed E-state index contributed by atoms with van der Waals surface area (Å²) in [5, 5.41) is 0. The van der Waals surface area contributed by atoms with Crippen LogP contribution in [0.25, 0.3) is 0 Å². The highest BCUT2D eigenvalue weighted by atomic mass is 14.3. The van der Waals surface area contributed by atoms with Gasteiger partial charge in [0, 0.05) is 5.92 Å². The lowest BCUT2D eigenvalue weighted by atomic mass is 9.70. The Morgan fingerprint density at radius 2 is 1.20 bits per heavy atom. The maximum atomic E-state index is 2.45. The van der Waals surface area contributed by atoms with Crippen molar-refractivity contribution in [2.24, 2.45) is 16.7 Å². The number of allylic oxidation sites excluding steroid dienone is 22. The Bertz CT molecular complexity index is 1200. The van der Waals surface area contributed by atoms with Crippen molar-refractivity contribution in [3.8, 4) is 0 Å². The molecule has 2 aliphatic rings. The zero-order chi connectivity index (χ0) is 29.8. The second kappa shape index (κ2) is 15.8. The second-order valence-corrected chi connectivity index (χ2v) is 13.4. The Labute approximate surface area is 247 Å². The summed E-state index contributed by atoms with van der Waals surface area (Å²) < 4.78 is 0. The van der Waals surface area contributed by atoms with Crippen LogP contribution in [0.3, 0.4) is 0 Å². The van der Waals surface area contributed by atoms with E-state index >= 15 is 0 Å². The Kier molecular flexibility index (Phi) is 13.2. The smallest absolute Gasteiger partial charge is 0.000366 e. The van der Waals surface area contributed by atoms with E-state index in [0.717, 1.165) is 0 Å². The lowest BCUT2D eigenvalue weighted by molar-refractivity contribution is 0.262. The van der Waals surface area contributed by atoms with Crippen LogP contribution in [-0.4, -0.2) is 0 Å². The minimum Gasteiger partial charge on any atom is -0.0782 e. The van der Waals surface area contributed by atoms with Crippen LogP contribution < -0.4 is 0 Å². The van der Waals surface area contributed by atoms with Crippen molar-refractivity contribution in [2.45, 2.75) is 101 Å². The van der Waals surface area contributed by atoms with E-state index in [1.54, 1.807) is 5.57 Å². The van der Waals surface area contributed by atoms with Crippen molar-refractivity contribution in [1.29, 1.82) is 0 Å². The Morgan fingerprint density at radius 3 is 1.77 bits per heavy atom. The van der Waals surface area contributed by atoms with Gasteiger partial charge in [-0.2, -0.15) is 0 Å². The van der Waals surface area contributed by atoms with Gasteiger partial charge < -0.3 is 0 Å². The van der Waals surface area contributed by atoms with Crippen LogP contribution in [0.1, 0.15) is 101 Å². The van der Waals surface area contributed by atoms with Crippen molar-refractivity contribution in [1.82, 2.24) is 0 Å². The first-order chi connectivity index (χ1) is 18.8. The largest absolute Gasteiger partial charge is 0.0782 e. The summed E-state index contributed by atoms with van der Waals surface area (Å²) in [6.45, 7) is 22.7. The first-order valence-electron chi connectivity index (χ1n) is 15.3. The topological polar surface area (TPSA) is 0 Å². The van der Waals surface area contributed by atoms with Crippen LogP contribution >= 0.6 is 0 Å². The third-order valence-corrected chi connectivity index (χ3v) is 8.42. The molecular formula is C40H56. The molecule has 2 aliphatic carbocycles. The molecule has 0 aromatic heterocycles. The molecule has 0 amide bonds. The summed E-state index contributed by atoms with van der Waals surface area (Å²) in [6, 6.07) is 0. The zero-order valence-corrected chi connectivity index (χ0v) is 27.3. The highest BCUT2D eigenvalue weighted by Gasteiger charge is 2.29. The summed E-state index contributed by atoms with van der Waals surface area (Å²) in [6.07, 6.45) is 39.5. The summed E-state index contributed by atoms with van der Waals surface area (Å²) in [5.41, 5.74) is 10.2. The third-order valence-electron chi connectivity index (χ3n) is 8.42. The Hall–Kier alpha value is -2.86. The maximum absolute atomic E-state index is 2.45. The van der Waals surface area contributed by atoms with Gasteiger partial charge in [-0.05, 0) is 90.0 Å². The van der Waals surface area contributed by atoms with Crippen molar-refractivity contribution in [3.63, 3.8) is 0 Å². The molecule has 0 aliphatic heterocycles. The molecule has 0 radical (unpaired) electrons. The summed E-state index contributed by atoms with van der Waals surface area (Å²) in [7, 11) is 0. The van der Waals surface area contributed by atoms with E-state index in [4.69, 9.17) is 0 Å². The number of hydrogen-bond acceptors (Lipinski definition) is 0. The molecule has 0 nitrogen and oxygen atoms in total. The molecule has 40 heavy (non-hydrogen) atoms. The van der Waals surface area contributed by atoms with Gasteiger partial charge in [0.1, 0.15) is 0 Å². The molecule has 0 bridgehead atoms. The van der Waals surface area contributed by atoms with Crippen molar-refractivity contribution < 1.29 is 0 Å². The van der Waals surface area contributed by atoms with E-state index < -0.39 is 0 Å². The van der Waals surface area contributed by atoms with E-state index in [2.05, 4.69) is 160 Å². The molecule has 0 saturated carbocycles. The fraction of sp³-hybridized carbons (Fsp3) is 0.450. The average Bonchev–Trinajstić information content (AvgIpc) is 2.86.